The molecule has 0 saturated heterocycles. The highest BCUT2D eigenvalue weighted by Gasteiger charge is 2.32. The second kappa shape index (κ2) is 16.0. The van der Waals surface area contributed by atoms with E-state index in [0.717, 1.165) is 10.9 Å². The molecule has 2 aromatic rings. The molecule has 2 rings (SSSR count). The number of aliphatic imine (C=N–C) groups is 1. The van der Waals surface area contributed by atoms with Gasteiger partial charge in [0.1, 0.15) is 18.1 Å². The van der Waals surface area contributed by atoms with Crippen LogP contribution in [0.2, 0.25) is 0 Å². The Morgan fingerprint density at radius 1 is 0.952 bits per heavy atom. The fraction of sp³-hybridized carbons (Fsp3) is 0.481. The molecule has 230 valence electrons. The van der Waals surface area contributed by atoms with E-state index < -0.39 is 60.2 Å². The van der Waals surface area contributed by atoms with Gasteiger partial charge in [-0.1, -0.05) is 38.5 Å². The summed E-state index contributed by atoms with van der Waals surface area (Å²) >= 11 is 0. The number of carbonyl (C=O) groups excluding carboxylic acids is 3. The molecule has 1 heterocycles. The molecule has 0 aliphatic heterocycles. The van der Waals surface area contributed by atoms with Crippen LogP contribution in [0.3, 0.4) is 0 Å². The standard InChI is InChI=1S/C27H40N8O7/c1-3-14(2)22(28)25(40)35-20(12-21(36)37)24(39)34-19(11-15-13-32-17-8-5-4-7-16(15)17)23(38)33-18(26(41)42)9-6-10-31-27(29)30/h4-5,7-8,13-14,18-20,22,32H,3,6,9-12,28H2,1-2H3,(H,33,38)(H,34,39)(H,35,40)(H,36,37)(H,41,42)(H4,29,30,31). The number of aromatic amines is 1. The van der Waals surface area contributed by atoms with E-state index in [1.165, 1.54) is 0 Å². The number of H-pyrrole nitrogens is 1. The van der Waals surface area contributed by atoms with Crippen molar-refractivity contribution in [1.82, 2.24) is 20.9 Å². The molecule has 15 heteroatoms. The van der Waals surface area contributed by atoms with Gasteiger partial charge in [-0.2, -0.15) is 0 Å². The largest absolute Gasteiger partial charge is 0.481 e. The molecule has 12 N–H and O–H groups in total. The minimum absolute atomic E-state index is 0.00317. The normalized spacial score (nSPS) is 14.5. The number of nitrogens with two attached hydrogens (primary N) is 3. The second-order valence-electron chi connectivity index (χ2n) is 10.0. The summed E-state index contributed by atoms with van der Waals surface area (Å²) in [5, 5.41) is 27.2. The van der Waals surface area contributed by atoms with E-state index in [9.17, 15) is 34.2 Å². The van der Waals surface area contributed by atoms with Gasteiger partial charge in [0, 0.05) is 30.1 Å². The van der Waals surface area contributed by atoms with Gasteiger partial charge in [0.2, 0.25) is 17.7 Å². The highest BCUT2D eigenvalue weighted by molar-refractivity contribution is 5.96. The molecule has 0 aliphatic rings. The molecule has 0 aliphatic carbocycles. The van der Waals surface area contributed by atoms with Crippen LogP contribution in [-0.2, 0) is 30.4 Å². The number of guanidine groups is 1. The Balaban J connectivity index is 2.31. The Morgan fingerprint density at radius 3 is 2.19 bits per heavy atom. The van der Waals surface area contributed by atoms with Crippen molar-refractivity contribution in [2.45, 2.75) is 70.1 Å². The number of para-hydroxylation sites is 1. The summed E-state index contributed by atoms with van der Waals surface area (Å²) in [5.74, 6) is -5.53. The van der Waals surface area contributed by atoms with Crippen molar-refractivity contribution in [1.29, 1.82) is 0 Å². The van der Waals surface area contributed by atoms with E-state index in [1.54, 1.807) is 19.2 Å². The zero-order valence-electron chi connectivity index (χ0n) is 23.6. The minimum atomic E-state index is -1.54. The summed E-state index contributed by atoms with van der Waals surface area (Å²) in [6, 6.07) is 2.07. The fourth-order valence-electron chi connectivity index (χ4n) is 4.20. The van der Waals surface area contributed by atoms with Gasteiger partial charge in [0.25, 0.3) is 0 Å². The number of hydrogen-bond acceptors (Lipinski definition) is 7. The van der Waals surface area contributed by atoms with Gasteiger partial charge in [-0.15, -0.1) is 0 Å². The molecule has 0 spiro atoms. The lowest BCUT2D eigenvalue weighted by molar-refractivity contribution is -0.143. The molecular formula is C27H40N8O7. The number of amides is 3. The molecule has 1 aromatic heterocycles. The van der Waals surface area contributed by atoms with Gasteiger partial charge in [-0.25, -0.2) is 4.79 Å². The number of nitrogens with zero attached hydrogens (tertiary/aromatic N) is 1. The minimum Gasteiger partial charge on any atom is -0.481 e. The summed E-state index contributed by atoms with van der Waals surface area (Å²) in [6.45, 7) is 3.72. The highest BCUT2D eigenvalue weighted by atomic mass is 16.4. The van der Waals surface area contributed by atoms with E-state index in [4.69, 9.17) is 17.2 Å². The van der Waals surface area contributed by atoms with Crippen LogP contribution in [0.4, 0.5) is 0 Å². The van der Waals surface area contributed by atoms with Gasteiger partial charge in [-0.3, -0.25) is 24.2 Å². The summed E-state index contributed by atoms with van der Waals surface area (Å²) < 4.78 is 0. The lowest BCUT2D eigenvalue weighted by Gasteiger charge is -2.25. The van der Waals surface area contributed by atoms with Crippen LogP contribution in [0.1, 0.15) is 45.1 Å². The van der Waals surface area contributed by atoms with E-state index in [1.807, 2.05) is 25.1 Å². The van der Waals surface area contributed by atoms with Crippen molar-refractivity contribution in [2.75, 3.05) is 6.54 Å². The van der Waals surface area contributed by atoms with Crippen LogP contribution in [0, 0.1) is 5.92 Å². The molecule has 0 saturated carbocycles. The third-order valence-corrected chi connectivity index (χ3v) is 6.86. The summed E-state index contributed by atoms with van der Waals surface area (Å²) in [4.78, 5) is 69.7. The molecule has 3 amide bonds. The van der Waals surface area contributed by atoms with Crippen molar-refractivity contribution in [3.8, 4) is 0 Å². The first kappa shape index (κ1) is 33.5. The molecule has 42 heavy (non-hydrogen) atoms. The Hall–Kier alpha value is -4.66. The average molecular weight is 589 g/mol. The van der Waals surface area contributed by atoms with Gasteiger partial charge in [-0.05, 0) is 30.4 Å². The number of aromatic nitrogens is 1. The number of nitrogens with one attached hydrogen (secondary N) is 4. The molecule has 15 nitrogen and oxygen atoms in total. The number of carboxylic acids is 2. The topological polar surface area (TPSA) is 268 Å². The zero-order valence-corrected chi connectivity index (χ0v) is 23.6. The number of benzene rings is 1. The van der Waals surface area contributed by atoms with Gasteiger partial charge in [0.05, 0.1) is 12.5 Å². The van der Waals surface area contributed by atoms with Crippen molar-refractivity contribution in [3.63, 3.8) is 0 Å². The van der Waals surface area contributed by atoms with Crippen molar-refractivity contribution in [3.05, 3.63) is 36.0 Å². The molecular weight excluding hydrogens is 548 g/mol. The molecule has 0 fully saturated rings. The quantitative estimate of drug-likeness (QED) is 0.0627. The number of carboxylic acid groups (broad SMARTS) is 2. The smallest absolute Gasteiger partial charge is 0.326 e. The predicted octanol–water partition coefficient (Wildman–Crippen LogP) is -0.849. The number of fused-ring (bicyclic) bond motifs is 1. The SMILES string of the molecule is CCC(C)C(N)C(=O)NC(CC(=O)O)C(=O)NC(Cc1c[nH]c2ccccc12)C(=O)NC(CCCN=C(N)N)C(=O)O. The fourth-order valence-corrected chi connectivity index (χ4v) is 4.20. The molecule has 5 unspecified atom stereocenters. The van der Waals surface area contributed by atoms with E-state index >= 15 is 0 Å². The maximum absolute atomic E-state index is 13.4. The average Bonchev–Trinajstić information content (AvgIpc) is 3.34. The molecule has 1 aromatic carbocycles. The summed E-state index contributed by atoms with van der Waals surface area (Å²) in [6.07, 6.45) is 1.64. The van der Waals surface area contributed by atoms with Crippen LogP contribution in [0.25, 0.3) is 10.9 Å². The van der Waals surface area contributed by atoms with Crippen LogP contribution in [-0.4, -0.2) is 81.5 Å². The number of carbonyl (C=O) groups is 5. The van der Waals surface area contributed by atoms with Gasteiger partial charge < -0.3 is 48.3 Å². The van der Waals surface area contributed by atoms with E-state index in [-0.39, 0.29) is 37.7 Å². The van der Waals surface area contributed by atoms with Crippen LogP contribution < -0.4 is 33.2 Å². The first-order valence-electron chi connectivity index (χ1n) is 13.6. The van der Waals surface area contributed by atoms with E-state index in [2.05, 4.69) is 25.9 Å². The monoisotopic (exact) mass is 588 g/mol. The summed E-state index contributed by atoms with van der Waals surface area (Å²) in [7, 11) is 0. The van der Waals surface area contributed by atoms with Crippen LogP contribution in [0.15, 0.2) is 35.5 Å². The van der Waals surface area contributed by atoms with Crippen molar-refractivity contribution in [2.24, 2.45) is 28.1 Å². The Labute approximate surface area is 242 Å². The van der Waals surface area contributed by atoms with Crippen LogP contribution >= 0.6 is 0 Å². The molecule has 0 bridgehead atoms. The molecule has 5 atom stereocenters. The van der Waals surface area contributed by atoms with Gasteiger partial charge in [0.15, 0.2) is 5.96 Å². The maximum Gasteiger partial charge on any atom is 0.326 e. The predicted molar refractivity (Wildman–Crippen MR) is 155 cm³/mol. The second-order valence-corrected chi connectivity index (χ2v) is 10.0. The van der Waals surface area contributed by atoms with Crippen LogP contribution in [0.5, 0.6) is 0 Å². The zero-order chi connectivity index (χ0) is 31.4. The Morgan fingerprint density at radius 2 is 1.57 bits per heavy atom. The van der Waals surface area contributed by atoms with Crippen molar-refractivity contribution < 1.29 is 34.2 Å². The number of aliphatic carboxylic acids is 2. The first-order valence-corrected chi connectivity index (χ1v) is 13.6. The summed E-state index contributed by atoms with van der Waals surface area (Å²) in [5.41, 5.74) is 18.0. The maximum atomic E-state index is 13.4. The van der Waals surface area contributed by atoms with Crippen molar-refractivity contribution >= 4 is 46.5 Å². The van der Waals surface area contributed by atoms with Gasteiger partial charge >= 0.3 is 11.9 Å². The lowest BCUT2D eigenvalue weighted by Crippen LogP contribution is -2.58. The molecule has 0 radical (unpaired) electrons. The lowest BCUT2D eigenvalue weighted by atomic mass is 9.98. The highest BCUT2D eigenvalue weighted by Crippen LogP contribution is 2.19. The third kappa shape index (κ3) is 10.1. The Kier molecular flexibility index (Phi) is 12.7. The number of hydrogen-bond donors (Lipinski definition) is 9. The Bertz CT molecular complexity index is 1290. The first-order chi connectivity index (χ1) is 19.8. The van der Waals surface area contributed by atoms with E-state index in [0.29, 0.717) is 12.0 Å². The third-order valence-electron chi connectivity index (χ3n) is 6.86. The number of rotatable bonds is 17.